The molecule has 1 aliphatic heterocycles. The number of nitrogens with zero attached hydrogens (tertiary/aromatic N) is 4. The van der Waals surface area contributed by atoms with Gasteiger partial charge in [-0.3, -0.25) is 19.9 Å². The van der Waals surface area contributed by atoms with E-state index in [0.29, 0.717) is 22.0 Å². The minimum atomic E-state index is -4.19. The van der Waals surface area contributed by atoms with Crippen LogP contribution in [0.3, 0.4) is 0 Å². The van der Waals surface area contributed by atoms with Crippen molar-refractivity contribution in [3.8, 4) is 0 Å². The first-order valence-corrected chi connectivity index (χ1v) is 13.7. The van der Waals surface area contributed by atoms with Crippen molar-refractivity contribution >= 4 is 45.1 Å². The second kappa shape index (κ2) is 10.9. The zero-order valence-corrected chi connectivity index (χ0v) is 22.3. The Labute approximate surface area is 230 Å². The first-order valence-electron chi connectivity index (χ1n) is 11.9. The summed E-state index contributed by atoms with van der Waals surface area (Å²) in [6.45, 7) is 1.76. The van der Waals surface area contributed by atoms with Gasteiger partial charge in [-0.15, -0.1) is 0 Å². The van der Waals surface area contributed by atoms with Gasteiger partial charge in [0.25, 0.3) is 5.91 Å². The number of nitrogens with one attached hydrogen (secondary N) is 2. The Bertz CT molecular complexity index is 1630. The third kappa shape index (κ3) is 5.80. The Morgan fingerprint density at radius 1 is 1.08 bits per heavy atom. The van der Waals surface area contributed by atoms with E-state index in [4.69, 9.17) is 11.6 Å². The van der Waals surface area contributed by atoms with Gasteiger partial charge in [0.05, 0.1) is 4.90 Å². The molecule has 0 saturated carbocycles. The number of carbonyl (C=O) groups excluding carboxylic acids is 2. The van der Waals surface area contributed by atoms with Crippen LogP contribution in [0.5, 0.6) is 0 Å². The summed E-state index contributed by atoms with van der Waals surface area (Å²) in [5.41, 5.74) is 2.66. The fourth-order valence-electron chi connectivity index (χ4n) is 4.14. The van der Waals surface area contributed by atoms with Crippen LogP contribution in [0.4, 0.5) is 11.6 Å². The number of sulfonamides is 1. The molecule has 12 heteroatoms. The van der Waals surface area contributed by atoms with E-state index in [-0.39, 0.29) is 29.4 Å². The van der Waals surface area contributed by atoms with E-state index < -0.39 is 27.9 Å². The summed E-state index contributed by atoms with van der Waals surface area (Å²) in [6.07, 6.45) is 4.79. The molecular weight excluding hydrogens is 540 g/mol. The number of aryl methyl sites for hydroxylation is 1. The highest BCUT2D eigenvalue weighted by Gasteiger charge is 2.39. The van der Waals surface area contributed by atoms with Gasteiger partial charge in [-0.05, 0) is 66.6 Å². The lowest BCUT2D eigenvalue weighted by molar-refractivity contribution is -0.119. The summed E-state index contributed by atoms with van der Waals surface area (Å²) in [5, 5.41) is 5.81. The zero-order chi connectivity index (χ0) is 27.6. The summed E-state index contributed by atoms with van der Waals surface area (Å²) in [4.78, 5) is 38.3. The van der Waals surface area contributed by atoms with Gasteiger partial charge in [-0.1, -0.05) is 23.7 Å². The van der Waals surface area contributed by atoms with Crippen LogP contribution < -0.4 is 10.6 Å². The Morgan fingerprint density at radius 3 is 2.51 bits per heavy atom. The molecule has 0 saturated heterocycles. The van der Waals surface area contributed by atoms with E-state index in [1.54, 1.807) is 55.0 Å². The van der Waals surface area contributed by atoms with Crippen LogP contribution in [0.25, 0.3) is 0 Å². The van der Waals surface area contributed by atoms with Crippen molar-refractivity contribution in [1.82, 2.24) is 19.3 Å². The molecule has 10 nitrogen and oxygen atoms in total. The summed E-state index contributed by atoms with van der Waals surface area (Å²) in [5.74, 6) is -0.857. The molecule has 1 aliphatic rings. The standard InChI is InChI=1S/C27H23ClN6O4S/c1-17-14-30-27(31-15-17)33-25(35)18-6-9-22(10-7-18)39(37,38)34-16-19-5-8-20(28)12-23(19)32-26(36)24(34)13-21-4-2-3-11-29-21/h2-12,14-15,24H,13,16H2,1H3,(H,32,36)(H,30,31,33,35)/t24-/m0/s1. The molecule has 0 bridgehead atoms. The molecule has 4 aromatic rings. The lowest BCUT2D eigenvalue weighted by Crippen LogP contribution is -2.46. The number of aromatic nitrogens is 3. The highest BCUT2D eigenvalue weighted by Crippen LogP contribution is 2.31. The maximum Gasteiger partial charge on any atom is 0.258 e. The van der Waals surface area contributed by atoms with Gasteiger partial charge in [0, 0.05) is 53.5 Å². The lowest BCUT2D eigenvalue weighted by atomic mass is 10.1. The van der Waals surface area contributed by atoms with Crippen molar-refractivity contribution in [3.63, 3.8) is 0 Å². The van der Waals surface area contributed by atoms with Crippen molar-refractivity contribution < 1.29 is 18.0 Å². The van der Waals surface area contributed by atoms with Crippen molar-refractivity contribution in [3.05, 3.63) is 107 Å². The minimum absolute atomic E-state index is 0.0602. The molecule has 2 amide bonds. The Hall–Kier alpha value is -4.19. The molecule has 3 heterocycles. The number of benzene rings is 2. The number of hydrogen-bond acceptors (Lipinski definition) is 7. The number of hydrogen-bond donors (Lipinski definition) is 2. The number of pyridine rings is 1. The molecule has 198 valence electrons. The molecule has 0 unspecified atom stereocenters. The zero-order valence-electron chi connectivity index (χ0n) is 20.7. The quantitative estimate of drug-likeness (QED) is 0.364. The molecule has 5 rings (SSSR count). The Morgan fingerprint density at radius 2 is 1.82 bits per heavy atom. The number of amides is 2. The summed E-state index contributed by atoms with van der Waals surface area (Å²) < 4.78 is 29.1. The van der Waals surface area contributed by atoms with Crippen LogP contribution in [0.15, 0.2) is 84.1 Å². The predicted octanol–water partition coefficient (Wildman–Crippen LogP) is 3.84. The third-order valence-corrected chi connectivity index (χ3v) is 8.27. The first kappa shape index (κ1) is 26.4. The van der Waals surface area contributed by atoms with E-state index >= 15 is 0 Å². The monoisotopic (exact) mass is 562 g/mol. The summed E-state index contributed by atoms with van der Waals surface area (Å²) >= 11 is 6.13. The molecule has 0 aliphatic carbocycles. The fourth-order valence-corrected chi connectivity index (χ4v) is 5.87. The molecule has 39 heavy (non-hydrogen) atoms. The topological polar surface area (TPSA) is 134 Å². The second-order valence-corrected chi connectivity index (χ2v) is 11.3. The molecular formula is C27H23ClN6O4S. The van der Waals surface area contributed by atoms with Crippen LogP contribution in [-0.4, -0.2) is 45.5 Å². The Kier molecular flexibility index (Phi) is 7.38. The van der Waals surface area contributed by atoms with Gasteiger partial charge in [-0.25, -0.2) is 18.4 Å². The van der Waals surface area contributed by atoms with Crippen LogP contribution in [0, 0.1) is 6.92 Å². The average molecular weight is 563 g/mol. The normalized spacial score (nSPS) is 15.6. The third-order valence-electron chi connectivity index (χ3n) is 6.16. The van der Waals surface area contributed by atoms with Gasteiger partial charge >= 0.3 is 0 Å². The van der Waals surface area contributed by atoms with Gasteiger partial charge in [0.2, 0.25) is 21.9 Å². The largest absolute Gasteiger partial charge is 0.324 e. The number of halogens is 1. The molecule has 0 spiro atoms. The highest BCUT2D eigenvalue weighted by molar-refractivity contribution is 7.89. The number of anilines is 2. The van der Waals surface area contributed by atoms with E-state index in [9.17, 15) is 18.0 Å². The molecule has 0 radical (unpaired) electrons. The fraction of sp³-hybridized carbons (Fsp3) is 0.148. The molecule has 0 fully saturated rings. The van der Waals surface area contributed by atoms with Gasteiger partial charge in [0.15, 0.2) is 0 Å². The van der Waals surface area contributed by atoms with Crippen LogP contribution >= 0.6 is 11.6 Å². The number of rotatable bonds is 6. The first-order chi connectivity index (χ1) is 18.7. The molecule has 1 atom stereocenters. The summed E-state index contributed by atoms with van der Waals surface area (Å²) in [7, 11) is -4.19. The van der Waals surface area contributed by atoms with Crippen molar-refractivity contribution in [1.29, 1.82) is 0 Å². The maximum atomic E-state index is 13.9. The lowest BCUT2D eigenvalue weighted by Gasteiger charge is -2.27. The highest BCUT2D eigenvalue weighted by atomic mass is 35.5. The SMILES string of the molecule is Cc1cnc(NC(=O)c2ccc(S(=O)(=O)N3Cc4ccc(Cl)cc4NC(=O)[C@@H]3Cc3ccccn3)cc2)nc1. The van der Waals surface area contributed by atoms with Crippen molar-refractivity contribution in [2.24, 2.45) is 0 Å². The minimum Gasteiger partial charge on any atom is -0.324 e. The summed E-state index contributed by atoms with van der Waals surface area (Å²) in [6, 6.07) is 14.6. The second-order valence-electron chi connectivity index (χ2n) is 8.94. The molecule has 2 N–H and O–H groups in total. The van der Waals surface area contributed by atoms with Crippen molar-refractivity contribution in [2.45, 2.75) is 30.8 Å². The Balaban J connectivity index is 1.46. The van der Waals surface area contributed by atoms with E-state index in [2.05, 4.69) is 25.6 Å². The van der Waals surface area contributed by atoms with E-state index in [1.165, 1.54) is 24.3 Å². The van der Waals surface area contributed by atoms with Crippen LogP contribution in [0.2, 0.25) is 5.02 Å². The maximum absolute atomic E-state index is 13.9. The number of fused-ring (bicyclic) bond motifs is 1. The van der Waals surface area contributed by atoms with Gasteiger partial charge in [-0.2, -0.15) is 4.31 Å². The molecule has 2 aromatic carbocycles. The smallest absolute Gasteiger partial charge is 0.258 e. The average Bonchev–Trinajstić information content (AvgIpc) is 3.06. The van der Waals surface area contributed by atoms with Gasteiger partial charge in [0.1, 0.15) is 6.04 Å². The predicted molar refractivity (Wildman–Crippen MR) is 146 cm³/mol. The van der Waals surface area contributed by atoms with E-state index in [1.807, 2.05) is 6.92 Å². The molecule has 2 aromatic heterocycles. The van der Waals surface area contributed by atoms with Crippen molar-refractivity contribution in [2.75, 3.05) is 10.6 Å². The van der Waals surface area contributed by atoms with Crippen LogP contribution in [-0.2, 0) is 27.8 Å². The van der Waals surface area contributed by atoms with Gasteiger partial charge < -0.3 is 5.32 Å². The van der Waals surface area contributed by atoms with Crippen LogP contribution in [0.1, 0.15) is 27.2 Å². The number of carbonyl (C=O) groups is 2. The van der Waals surface area contributed by atoms with E-state index in [0.717, 1.165) is 9.87 Å².